The van der Waals surface area contributed by atoms with Crippen molar-refractivity contribution in [2.45, 2.75) is 39.3 Å². The van der Waals surface area contributed by atoms with Gasteiger partial charge in [-0.15, -0.1) is 0 Å². The fourth-order valence-electron chi connectivity index (χ4n) is 1.72. The van der Waals surface area contributed by atoms with Crippen LogP contribution in [-0.4, -0.2) is 51.9 Å². The van der Waals surface area contributed by atoms with Crippen LogP contribution in [0.5, 0.6) is 0 Å². The van der Waals surface area contributed by atoms with E-state index in [-0.39, 0.29) is 6.54 Å². The maximum absolute atomic E-state index is 12.1. The Hall–Kier alpha value is -2.12. The van der Waals surface area contributed by atoms with Gasteiger partial charge in [-0.3, -0.25) is 19.7 Å². The largest absolute Gasteiger partial charge is 0.481 e. The maximum Gasteiger partial charge on any atom is 0.318 e. The standard InChI is InChI=1S/C12H19N3O5/c1-6(9(17)18)7(2)13-11(20)15-5-8(16)14-10(19)12(15,3)4/h6-7H,5H2,1-4H3,(H,13,20)(H,17,18)(H,14,16,19). The van der Waals surface area contributed by atoms with Crippen LogP contribution in [0.2, 0.25) is 0 Å². The molecular formula is C12H19N3O5. The molecule has 2 unspecified atom stereocenters. The Morgan fingerprint density at radius 2 is 1.90 bits per heavy atom. The lowest BCUT2D eigenvalue weighted by Gasteiger charge is -2.40. The average molecular weight is 285 g/mol. The molecule has 3 N–H and O–H groups in total. The summed E-state index contributed by atoms with van der Waals surface area (Å²) in [5.41, 5.74) is -1.18. The van der Waals surface area contributed by atoms with Gasteiger partial charge < -0.3 is 15.3 Å². The zero-order chi connectivity index (χ0) is 15.7. The predicted molar refractivity (Wildman–Crippen MR) is 68.7 cm³/mol. The molecule has 112 valence electrons. The predicted octanol–water partition coefficient (Wildman–Crippen LogP) is -0.458. The van der Waals surface area contributed by atoms with Crippen LogP contribution in [0, 0.1) is 5.92 Å². The van der Waals surface area contributed by atoms with Crippen molar-refractivity contribution in [1.82, 2.24) is 15.5 Å². The van der Waals surface area contributed by atoms with Crippen LogP contribution in [-0.2, 0) is 14.4 Å². The number of nitrogens with zero attached hydrogens (tertiary/aromatic N) is 1. The minimum absolute atomic E-state index is 0.251. The van der Waals surface area contributed by atoms with Crippen molar-refractivity contribution in [2.75, 3.05) is 6.54 Å². The SMILES string of the molecule is CC(NC(=O)N1CC(=O)NC(=O)C1(C)C)C(C)C(=O)O. The highest BCUT2D eigenvalue weighted by atomic mass is 16.4. The second-order valence-electron chi connectivity index (χ2n) is 5.39. The first-order valence-electron chi connectivity index (χ1n) is 6.22. The molecule has 1 aliphatic rings. The summed E-state index contributed by atoms with van der Waals surface area (Å²) >= 11 is 0. The van der Waals surface area contributed by atoms with E-state index >= 15 is 0 Å². The van der Waals surface area contributed by atoms with Gasteiger partial charge in [0, 0.05) is 6.04 Å². The van der Waals surface area contributed by atoms with Crippen LogP contribution in [0.4, 0.5) is 4.79 Å². The number of amides is 4. The Balaban J connectivity index is 2.82. The second-order valence-corrected chi connectivity index (χ2v) is 5.39. The van der Waals surface area contributed by atoms with E-state index in [2.05, 4.69) is 10.6 Å². The van der Waals surface area contributed by atoms with E-state index in [1.807, 2.05) is 0 Å². The molecule has 0 spiro atoms. The van der Waals surface area contributed by atoms with Crippen molar-refractivity contribution in [3.8, 4) is 0 Å². The number of rotatable bonds is 3. The van der Waals surface area contributed by atoms with Gasteiger partial charge in [0.25, 0.3) is 5.91 Å². The van der Waals surface area contributed by atoms with Gasteiger partial charge in [0.15, 0.2) is 0 Å². The van der Waals surface area contributed by atoms with Crippen molar-refractivity contribution in [1.29, 1.82) is 0 Å². The van der Waals surface area contributed by atoms with Crippen molar-refractivity contribution in [2.24, 2.45) is 5.92 Å². The molecule has 4 amide bonds. The molecule has 1 saturated heterocycles. The molecule has 2 atom stereocenters. The first-order chi connectivity index (χ1) is 9.07. The molecule has 20 heavy (non-hydrogen) atoms. The number of carbonyl (C=O) groups is 4. The van der Waals surface area contributed by atoms with Crippen molar-refractivity contribution < 1.29 is 24.3 Å². The molecule has 0 bridgehead atoms. The van der Waals surface area contributed by atoms with E-state index in [1.54, 1.807) is 6.92 Å². The van der Waals surface area contributed by atoms with Gasteiger partial charge in [-0.05, 0) is 27.7 Å². The lowest BCUT2D eigenvalue weighted by molar-refractivity contribution is -0.144. The summed E-state index contributed by atoms with van der Waals surface area (Å²) in [5.74, 6) is -2.95. The highest BCUT2D eigenvalue weighted by molar-refractivity contribution is 6.06. The number of urea groups is 1. The number of carboxylic acid groups (broad SMARTS) is 1. The van der Waals surface area contributed by atoms with Crippen LogP contribution in [0.1, 0.15) is 27.7 Å². The van der Waals surface area contributed by atoms with Crippen molar-refractivity contribution >= 4 is 23.8 Å². The lowest BCUT2D eigenvalue weighted by atomic mass is 9.99. The molecule has 0 aliphatic carbocycles. The second kappa shape index (κ2) is 5.48. The topological polar surface area (TPSA) is 116 Å². The van der Waals surface area contributed by atoms with Crippen molar-refractivity contribution in [3.63, 3.8) is 0 Å². The smallest absolute Gasteiger partial charge is 0.318 e. The summed E-state index contributed by atoms with van der Waals surface area (Å²) in [5, 5.41) is 13.5. The first kappa shape index (κ1) is 15.9. The number of imide groups is 1. The summed E-state index contributed by atoms with van der Waals surface area (Å²) in [6.07, 6.45) is 0. The van der Waals surface area contributed by atoms with Crippen LogP contribution >= 0.6 is 0 Å². The summed E-state index contributed by atoms with van der Waals surface area (Å²) in [6.45, 7) is 5.79. The van der Waals surface area contributed by atoms with E-state index in [0.717, 1.165) is 4.90 Å². The van der Waals surface area contributed by atoms with Gasteiger partial charge in [-0.2, -0.15) is 0 Å². The van der Waals surface area contributed by atoms with E-state index in [4.69, 9.17) is 5.11 Å². The third kappa shape index (κ3) is 3.06. The lowest BCUT2D eigenvalue weighted by Crippen LogP contribution is -2.67. The first-order valence-corrected chi connectivity index (χ1v) is 6.22. The molecule has 0 aromatic rings. The number of aliphatic carboxylic acids is 1. The Morgan fingerprint density at radius 3 is 2.40 bits per heavy atom. The summed E-state index contributed by atoms with van der Waals surface area (Å²) in [6, 6.07) is -1.27. The van der Waals surface area contributed by atoms with E-state index in [0.29, 0.717) is 0 Å². The average Bonchev–Trinajstić information content (AvgIpc) is 2.32. The normalized spacial score (nSPS) is 20.9. The number of carboxylic acids is 1. The molecule has 8 nitrogen and oxygen atoms in total. The summed E-state index contributed by atoms with van der Waals surface area (Å²) in [4.78, 5) is 47.2. The number of carbonyl (C=O) groups excluding carboxylic acids is 3. The van der Waals surface area contributed by atoms with Gasteiger partial charge in [-0.25, -0.2) is 4.79 Å². The zero-order valence-corrected chi connectivity index (χ0v) is 11.9. The fraction of sp³-hybridized carbons (Fsp3) is 0.667. The third-order valence-electron chi connectivity index (χ3n) is 3.52. The van der Waals surface area contributed by atoms with Gasteiger partial charge >= 0.3 is 12.0 Å². The van der Waals surface area contributed by atoms with E-state index in [9.17, 15) is 19.2 Å². The Kier molecular flexibility index (Phi) is 4.36. The van der Waals surface area contributed by atoms with Crippen LogP contribution in [0.15, 0.2) is 0 Å². The van der Waals surface area contributed by atoms with E-state index < -0.39 is 41.3 Å². The zero-order valence-electron chi connectivity index (χ0n) is 11.9. The Bertz CT molecular complexity index is 460. The summed E-state index contributed by atoms with van der Waals surface area (Å²) < 4.78 is 0. The fourth-order valence-corrected chi connectivity index (χ4v) is 1.72. The third-order valence-corrected chi connectivity index (χ3v) is 3.52. The maximum atomic E-state index is 12.1. The molecule has 0 aromatic heterocycles. The Morgan fingerprint density at radius 1 is 1.35 bits per heavy atom. The molecule has 1 aliphatic heterocycles. The molecule has 0 radical (unpaired) electrons. The number of hydrogen-bond donors (Lipinski definition) is 3. The molecule has 8 heteroatoms. The minimum atomic E-state index is -1.18. The van der Waals surface area contributed by atoms with Crippen LogP contribution in [0.25, 0.3) is 0 Å². The molecule has 1 fully saturated rings. The summed E-state index contributed by atoms with van der Waals surface area (Å²) in [7, 11) is 0. The Labute approximate surface area is 116 Å². The minimum Gasteiger partial charge on any atom is -0.481 e. The molecule has 1 rings (SSSR count). The van der Waals surface area contributed by atoms with Gasteiger partial charge in [0.2, 0.25) is 5.91 Å². The number of nitrogens with one attached hydrogen (secondary N) is 2. The van der Waals surface area contributed by atoms with Gasteiger partial charge in [0.1, 0.15) is 12.1 Å². The monoisotopic (exact) mass is 285 g/mol. The van der Waals surface area contributed by atoms with Crippen molar-refractivity contribution in [3.05, 3.63) is 0 Å². The molecule has 1 heterocycles. The highest BCUT2D eigenvalue weighted by Gasteiger charge is 2.44. The van der Waals surface area contributed by atoms with E-state index in [1.165, 1.54) is 20.8 Å². The quantitative estimate of drug-likeness (QED) is 0.607. The van der Waals surface area contributed by atoms with Gasteiger partial charge in [-0.1, -0.05) is 0 Å². The number of piperazine rings is 1. The molecule has 0 saturated carbocycles. The highest BCUT2D eigenvalue weighted by Crippen LogP contribution is 2.18. The molecule has 0 aromatic carbocycles. The number of hydrogen-bond acceptors (Lipinski definition) is 4. The van der Waals surface area contributed by atoms with Gasteiger partial charge in [0.05, 0.1) is 5.92 Å². The molecular weight excluding hydrogens is 266 g/mol. The van der Waals surface area contributed by atoms with Crippen LogP contribution in [0.3, 0.4) is 0 Å². The van der Waals surface area contributed by atoms with Crippen LogP contribution < -0.4 is 10.6 Å².